The van der Waals surface area contributed by atoms with Crippen LogP contribution >= 0.6 is 0 Å². The third-order valence-corrected chi connectivity index (χ3v) is 1.44. The Bertz CT molecular complexity index is 264. The van der Waals surface area contributed by atoms with Crippen LogP contribution in [-0.2, 0) is 11.2 Å². The second kappa shape index (κ2) is 3.95. The van der Waals surface area contributed by atoms with Crippen LogP contribution in [0, 0.1) is 11.6 Å². The standard InChI is InChI=1S/C9H7F2O/c10-8-4-7(2-1-3-12)5-9(11)6-8/h4-6H,1-2H2. The SMILES string of the molecule is O=[C]CCc1cc(F)cc(F)c1. The summed E-state index contributed by atoms with van der Waals surface area (Å²) < 4.78 is 25.0. The molecule has 0 N–H and O–H groups in total. The van der Waals surface area contributed by atoms with E-state index in [0.29, 0.717) is 12.0 Å². The highest BCUT2D eigenvalue weighted by molar-refractivity contribution is 5.51. The lowest BCUT2D eigenvalue weighted by atomic mass is 10.1. The summed E-state index contributed by atoms with van der Waals surface area (Å²) in [4.78, 5) is 9.84. The molecule has 1 aromatic rings. The zero-order valence-corrected chi connectivity index (χ0v) is 6.31. The number of rotatable bonds is 3. The van der Waals surface area contributed by atoms with E-state index in [9.17, 15) is 13.6 Å². The van der Waals surface area contributed by atoms with Gasteiger partial charge in [0.05, 0.1) is 0 Å². The van der Waals surface area contributed by atoms with Gasteiger partial charge in [-0.1, -0.05) is 0 Å². The van der Waals surface area contributed by atoms with Crippen molar-refractivity contribution in [1.82, 2.24) is 0 Å². The minimum Gasteiger partial charge on any atom is -0.291 e. The molecule has 1 nitrogen and oxygen atoms in total. The van der Waals surface area contributed by atoms with Gasteiger partial charge in [0.25, 0.3) is 0 Å². The molecule has 0 fully saturated rings. The van der Waals surface area contributed by atoms with Crippen molar-refractivity contribution in [3.05, 3.63) is 35.4 Å². The van der Waals surface area contributed by atoms with E-state index in [2.05, 4.69) is 0 Å². The second-order valence-electron chi connectivity index (χ2n) is 2.42. The summed E-state index contributed by atoms with van der Waals surface area (Å²) in [7, 11) is 0. The van der Waals surface area contributed by atoms with Crippen molar-refractivity contribution in [3.8, 4) is 0 Å². The summed E-state index contributed by atoms with van der Waals surface area (Å²) in [6.07, 6.45) is 2.16. The van der Waals surface area contributed by atoms with Gasteiger partial charge in [0, 0.05) is 12.5 Å². The maximum atomic E-state index is 12.5. The van der Waals surface area contributed by atoms with Crippen molar-refractivity contribution in [1.29, 1.82) is 0 Å². The Labute approximate surface area is 69.0 Å². The Morgan fingerprint density at radius 2 is 1.75 bits per heavy atom. The van der Waals surface area contributed by atoms with Gasteiger partial charge in [0.1, 0.15) is 11.6 Å². The Balaban J connectivity index is 2.78. The highest BCUT2D eigenvalue weighted by Gasteiger charge is 1.99. The summed E-state index contributed by atoms with van der Waals surface area (Å²) in [5, 5.41) is 0. The largest absolute Gasteiger partial charge is 0.291 e. The first kappa shape index (κ1) is 8.84. The molecule has 0 aromatic heterocycles. The molecule has 3 heteroatoms. The lowest BCUT2D eigenvalue weighted by Gasteiger charge is -1.97. The third kappa shape index (κ3) is 2.42. The molecular weight excluding hydrogens is 162 g/mol. The molecule has 1 aromatic carbocycles. The molecule has 1 rings (SSSR count). The van der Waals surface area contributed by atoms with Crippen LogP contribution in [-0.4, -0.2) is 6.29 Å². The molecule has 0 aliphatic heterocycles. The van der Waals surface area contributed by atoms with Crippen LogP contribution in [0.2, 0.25) is 0 Å². The highest BCUT2D eigenvalue weighted by atomic mass is 19.1. The Morgan fingerprint density at radius 1 is 1.17 bits per heavy atom. The van der Waals surface area contributed by atoms with Gasteiger partial charge in [-0.15, -0.1) is 0 Å². The van der Waals surface area contributed by atoms with E-state index >= 15 is 0 Å². The van der Waals surface area contributed by atoms with Gasteiger partial charge < -0.3 is 0 Å². The van der Waals surface area contributed by atoms with Crippen molar-refractivity contribution < 1.29 is 13.6 Å². The second-order valence-corrected chi connectivity index (χ2v) is 2.42. The molecule has 63 valence electrons. The molecule has 0 aliphatic carbocycles. The van der Waals surface area contributed by atoms with Gasteiger partial charge in [0.15, 0.2) is 6.29 Å². The normalized spacial score (nSPS) is 9.83. The van der Waals surface area contributed by atoms with E-state index in [1.807, 2.05) is 0 Å². The fraction of sp³-hybridized carbons (Fsp3) is 0.222. The van der Waals surface area contributed by atoms with Gasteiger partial charge in [-0.3, -0.25) is 4.79 Å². The van der Waals surface area contributed by atoms with E-state index in [1.54, 1.807) is 6.29 Å². The average molecular weight is 169 g/mol. The van der Waals surface area contributed by atoms with Crippen molar-refractivity contribution in [3.63, 3.8) is 0 Å². The van der Waals surface area contributed by atoms with Crippen molar-refractivity contribution >= 4 is 6.29 Å². The molecule has 0 saturated carbocycles. The molecule has 1 radical (unpaired) electrons. The predicted molar refractivity (Wildman–Crippen MR) is 40.4 cm³/mol. The fourth-order valence-corrected chi connectivity index (χ4v) is 0.951. The van der Waals surface area contributed by atoms with Crippen LogP contribution in [0.4, 0.5) is 8.78 Å². The minimum absolute atomic E-state index is 0.170. The Kier molecular flexibility index (Phi) is 2.91. The summed E-state index contributed by atoms with van der Waals surface area (Å²) in [5.74, 6) is -1.23. The smallest absolute Gasteiger partial charge is 0.198 e. The Morgan fingerprint density at radius 3 is 2.25 bits per heavy atom. The molecule has 0 amide bonds. The van der Waals surface area contributed by atoms with Crippen LogP contribution < -0.4 is 0 Å². The van der Waals surface area contributed by atoms with Gasteiger partial charge in [-0.2, -0.15) is 0 Å². The van der Waals surface area contributed by atoms with Crippen molar-refractivity contribution in [2.24, 2.45) is 0 Å². The molecule has 0 spiro atoms. The third-order valence-electron chi connectivity index (χ3n) is 1.44. The summed E-state index contributed by atoms with van der Waals surface area (Å²) in [6, 6.07) is 3.22. The van der Waals surface area contributed by atoms with Gasteiger partial charge >= 0.3 is 0 Å². The molecule has 0 atom stereocenters. The summed E-state index contributed by atoms with van der Waals surface area (Å²) in [6.45, 7) is 0. The van der Waals surface area contributed by atoms with Crippen LogP contribution in [0.3, 0.4) is 0 Å². The van der Waals surface area contributed by atoms with E-state index in [-0.39, 0.29) is 6.42 Å². The zero-order valence-electron chi connectivity index (χ0n) is 6.31. The number of aryl methyl sites for hydroxylation is 1. The number of hydrogen-bond acceptors (Lipinski definition) is 1. The monoisotopic (exact) mass is 169 g/mol. The molecule has 0 saturated heterocycles. The summed E-state index contributed by atoms with van der Waals surface area (Å²) in [5.41, 5.74) is 0.482. The van der Waals surface area contributed by atoms with E-state index in [1.165, 1.54) is 12.1 Å². The first-order chi connectivity index (χ1) is 5.72. The maximum absolute atomic E-state index is 12.5. The lowest BCUT2D eigenvalue weighted by Crippen LogP contribution is -1.89. The maximum Gasteiger partial charge on any atom is 0.198 e. The van der Waals surface area contributed by atoms with Crippen molar-refractivity contribution in [2.75, 3.05) is 0 Å². The van der Waals surface area contributed by atoms with E-state index in [4.69, 9.17) is 0 Å². The van der Waals surface area contributed by atoms with Crippen LogP contribution in [0.1, 0.15) is 12.0 Å². The first-order valence-electron chi connectivity index (χ1n) is 3.52. The van der Waals surface area contributed by atoms with Gasteiger partial charge in [-0.25, -0.2) is 8.78 Å². The minimum atomic E-state index is -0.615. The molecular formula is C9H7F2O. The molecule has 12 heavy (non-hydrogen) atoms. The number of carbonyl (C=O) groups excluding carboxylic acids is 1. The average Bonchev–Trinajstić information content (AvgIpc) is 1.99. The molecule has 0 aliphatic rings. The van der Waals surface area contributed by atoms with Crippen molar-refractivity contribution in [2.45, 2.75) is 12.8 Å². The highest BCUT2D eigenvalue weighted by Crippen LogP contribution is 2.09. The summed E-state index contributed by atoms with van der Waals surface area (Å²) >= 11 is 0. The number of hydrogen-bond donors (Lipinski definition) is 0. The van der Waals surface area contributed by atoms with Crippen LogP contribution in [0.5, 0.6) is 0 Å². The van der Waals surface area contributed by atoms with E-state index < -0.39 is 11.6 Å². The topological polar surface area (TPSA) is 17.1 Å². The first-order valence-corrected chi connectivity index (χ1v) is 3.52. The van der Waals surface area contributed by atoms with Crippen LogP contribution in [0.25, 0.3) is 0 Å². The fourth-order valence-electron chi connectivity index (χ4n) is 0.951. The van der Waals surface area contributed by atoms with Crippen LogP contribution in [0.15, 0.2) is 18.2 Å². The van der Waals surface area contributed by atoms with Gasteiger partial charge in [-0.05, 0) is 24.1 Å². The van der Waals surface area contributed by atoms with Gasteiger partial charge in [0.2, 0.25) is 0 Å². The number of halogens is 2. The lowest BCUT2D eigenvalue weighted by molar-refractivity contribution is 0.550. The Hall–Kier alpha value is -1.25. The molecule has 0 bridgehead atoms. The number of benzene rings is 1. The zero-order chi connectivity index (χ0) is 8.97. The predicted octanol–water partition coefficient (Wildman–Crippen LogP) is 2.01. The van der Waals surface area contributed by atoms with E-state index in [0.717, 1.165) is 6.07 Å². The molecule has 0 heterocycles. The quantitative estimate of drug-likeness (QED) is 0.676. The molecule has 0 unspecified atom stereocenters.